The molecule has 210 valence electrons. The molecule has 0 saturated heterocycles. The zero-order valence-electron chi connectivity index (χ0n) is 22.5. The molecule has 0 spiro atoms. The third kappa shape index (κ3) is 9.16. The zero-order valence-corrected chi connectivity index (χ0v) is 24.1. The van der Waals surface area contributed by atoms with Crippen LogP contribution in [-0.4, -0.2) is 57.6 Å². The van der Waals surface area contributed by atoms with Crippen molar-refractivity contribution in [2.75, 3.05) is 30.8 Å². The first-order valence-corrected chi connectivity index (χ1v) is 14.7. The van der Waals surface area contributed by atoms with Gasteiger partial charge in [-0.05, 0) is 54.7 Å². The number of carbonyl (C=O) groups excluding carboxylic acids is 2. The maximum Gasteiger partial charge on any atom is 0.242 e. The lowest BCUT2D eigenvalue weighted by molar-refractivity contribution is -0.141. The smallest absolute Gasteiger partial charge is 0.242 e. The van der Waals surface area contributed by atoms with Crippen LogP contribution in [0.4, 0.5) is 10.1 Å². The van der Waals surface area contributed by atoms with Gasteiger partial charge in [-0.3, -0.25) is 13.9 Å². The topological polar surface area (TPSA) is 96.0 Å². The number of amides is 2. The highest BCUT2D eigenvalue weighted by Gasteiger charge is 2.29. The van der Waals surface area contributed by atoms with E-state index in [1.165, 1.54) is 34.5 Å². The highest BCUT2D eigenvalue weighted by Crippen LogP contribution is 2.30. The molecular weight excluding hydrogens is 533 g/mol. The van der Waals surface area contributed by atoms with E-state index >= 15 is 0 Å². The molecule has 0 aliphatic heterocycles. The Morgan fingerprint density at radius 2 is 1.79 bits per heavy atom. The lowest BCUT2D eigenvalue weighted by atomic mass is 10.1. The first kappa shape index (κ1) is 31.4. The molecule has 0 aliphatic rings. The summed E-state index contributed by atoms with van der Waals surface area (Å²) in [7, 11) is -2.20. The SMILES string of the molecule is CCC(C(=O)NCC(C)C)N(Cc1ccc(F)cc1)C(=O)CCCN(c1ccc(OC)c(Cl)c1)S(C)(=O)=O. The lowest BCUT2D eigenvalue weighted by Crippen LogP contribution is -2.49. The van der Waals surface area contributed by atoms with Gasteiger partial charge in [0.2, 0.25) is 21.8 Å². The van der Waals surface area contributed by atoms with Crippen molar-refractivity contribution in [3.8, 4) is 5.75 Å². The van der Waals surface area contributed by atoms with Gasteiger partial charge in [-0.15, -0.1) is 0 Å². The summed E-state index contributed by atoms with van der Waals surface area (Å²) in [5.74, 6) is -0.305. The van der Waals surface area contributed by atoms with Crippen LogP contribution in [0.3, 0.4) is 0 Å². The van der Waals surface area contributed by atoms with Crippen molar-refractivity contribution >= 4 is 39.1 Å². The van der Waals surface area contributed by atoms with Crippen molar-refractivity contribution in [3.05, 3.63) is 58.9 Å². The Morgan fingerprint density at radius 1 is 1.13 bits per heavy atom. The van der Waals surface area contributed by atoms with Crippen molar-refractivity contribution in [2.45, 2.75) is 52.6 Å². The van der Waals surface area contributed by atoms with E-state index in [0.717, 1.165) is 6.26 Å². The van der Waals surface area contributed by atoms with Crippen molar-refractivity contribution in [2.24, 2.45) is 5.92 Å². The molecular formula is C27H37ClFN3O5S. The lowest BCUT2D eigenvalue weighted by Gasteiger charge is -2.31. The van der Waals surface area contributed by atoms with E-state index in [1.807, 2.05) is 20.8 Å². The minimum absolute atomic E-state index is 0.00502. The summed E-state index contributed by atoms with van der Waals surface area (Å²) >= 11 is 6.19. The molecule has 1 atom stereocenters. The van der Waals surface area contributed by atoms with Gasteiger partial charge in [0.25, 0.3) is 0 Å². The number of nitrogens with one attached hydrogen (secondary N) is 1. The van der Waals surface area contributed by atoms with Crippen LogP contribution in [0.2, 0.25) is 5.02 Å². The van der Waals surface area contributed by atoms with E-state index < -0.39 is 21.9 Å². The number of nitrogens with zero attached hydrogens (tertiary/aromatic N) is 2. The molecule has 2 rings (SSSR count). The van der Waals surface area contributed by atoms with Gasteiger partial charge < -0.3 is 15.0 Å². The van der Waals surface area contributed by atoms with Crippen molar-refractivity contribution in [1.82, 2.24) is 10.2 Å². The molecule has 2 aromatic carbocycles. The van der Waals surface area contributed by atoms with E-state index in [2.05, 4.69) is 5.32 Å². The molecule has 0 fully saturated rings. The monoisotopic (exact) mass is 569 g/mol. The molecule has 2 aromatic rings. The third-order valence-corrected chi connectivity index (χ3v) is 7.40. The van der Waals surface area contributed by atoms with E-state index in [1.54, 1.807) is 24.3 Å². The first-order valence-electron chi connectivity index (χ1n) is 12.5. The van der Waals surface area contributed by atoms with Crippen LogP contribution in [0.5, 0.6) is 5.75 Å². The van der Waals surface area contributed by atoms with E-state index in [0.29, 0.717) is 30.0 Å². The molecule has 11 heteroatoms. The van der Waals surface area contributed by atoms with E-state index in [-0.39, 0.29) is 48.7 Å². The van der Waals surface area contributed by atoms with Crippen LogP contribution >= 0.6 is 11.6 Å². The number of halogens is 2. The van der Waals surface area contributed by atoms with Gasteiger partial charge in [0, 0.05) is 26.1 Å². The number of rotatable bonds is 14. The number of carbonyl (C=O) groups is 2. The van der Waals surface area contributed by atoms with Gasteiger partial charge in [0.05, 0.1) is 24.1 Å². The summed E-state index contributed by atoms with van der Waals surface area (Å²) in [6, 6.07) is 9.70. The second-order valence-electron chi connectivity index (χ2n) is 9.47. The third-order valence-electron chi connectivity index (χ3n) is 5.91. The van der Waals surface area contributed by atoms with Gasteiger partial charge in [-0.2, -0.15) is 0 Å². The minimum atomic E-state index is -3.67. The van der Waals surface area contributed by atoms with Gasteiger partial charge in [0.1, 0.15) is 17.6 Å². The number of hydrogen-bond donors (Lipinski definition) is 1. The molecule has 0 heterocycles. The van der Waals surface area contributed by atoms with E-state index in [4.69, 9.17) is 16.3 Å². The standard InChI is InChI=1S/C27H37ClFN3O5S/c1-6-24(27(34)30-17-19(2)3)31(18-20-9-11-21(29)12-10-20)26(33)8-7-15-32(38(5,35)36)22-13-14-25(37-4)23(28)16-22/h9-14,16,19,24H,6-8,15,17-18H2,1-5H3,(H,30,34). The summed E-state index contributed by atoms with van der Waals surface area (Å²) in [5, 5.41) is 3.15. The summed E-state index contributed by atoms with van der Waals surface area (Å²) in [5.41, 5.74) is 1.04. The normalized spacial score (nSPS) is 12.2. The number of hydrogen-bond acceptors (Lipinski definition) is 5. The van der Waals surface area contributed by atoms with Crippen LogP contribution in [0, 0.1) is 11.7 Å². The molecule has 0 aliphatic carbocycles. The molecule has 0 saturated carbocycles. The highest BCUT2D eigenvalue weighted by molar-refractivity contribution is 7.92. The summed E-state index contributed by atoms with van der Waals surface area (Å²) < 4.78 is 44.8. The average molecular weight is 570 g/mol. The van der Waals surface area contributed by atoms with Gasteiger partial charge in [0.15, 0.2) is 0 Å². The fourth-order valence-electron chi connectivity index (χ4n) is 3.94. The Bertz CT molecular complexity index is 1190. The largest absolute Gasteiger partial charge is 0.495 e. The molecule has 0 radical (unpaired) electrons. The zero-order chi connectivity index (χ0) is 28.5. The fraction of sp³-hybridized carbons (Fsp3) is 0.481. The van der Waals surface area contributed by atoms with Crippen LogP contribution in [0.25, 0.3) is 0 Å². The maximum atomic E-state index is 13.4. The first-order chi connectivity index (χ1) is 17.9. The summed E-state index contributed by atoms with van der Waals surface area (Å²) in [6.07, 6.45) is 1.68. The molecule has 0 aromatic heterocycles. The number of ether oxygens (including phenoxy) is 1. The number of methoxy groups -OCH3 is 1. The molecule has 1 unspecified atom stereocenters. The minimum Gasteiger partial charge on any atom is -0.495 e. The molecule has 38 heavy (non-hydrogen) atoms. The van der Waals surface area contributed by atoms with Crippen LogP contribution in [-0.2, 0) is 26.2 Å². The van der Waals surface area contributed by atoms with Crippen LogP contribution < -0.4 is 14.4 Å². The van der Waals surface area contributed by atoms with Crippen molar-refractivity contribution in [1.29, 1.82) is 0 Å². The molecule has 8 nitrogen and oxygen atoms in total. The summed E-state index contributed by atoms with van der Waals surface area (Å²) in [6.45, 7) is 6.41. The summed E-state index contributed by atoms with van der Waals surface area (Å²) in [4.78, 5) is 27.9. The second kappa shape index (κ2) is 14.3. The Morgan fingerprint density at radius 3 is 2.32 bits per heavy atom. The predicted molar refractivity (Wildman–Crippen MR) is 148 cm³/mol. The van der Waals surface area contributed by atoms with Crippen molar-refractivity contribution in [3.63, 3.8) is 0 Å². The second-order valence-corrected chi connectivity index (χ2v) is 11.8. The quantitative estimate of drug-likeness (QED) is 0.358. The Labute approximate surface area is 230 Å². The highest BCUT2D eigenvalue weighted by atomic mass is 35.5. The molecule has 0 bridgehead atoms. The van der Waals surface area contributed by atoms with Gasteiger partial charge in [-0.25, -0.2) is 12.8 Å². The fourth-order valence-corrected chi connectivity index (χ4v) is 5.15. The molecule has 2 amide bonds. The van der Waals surface area contributed by atoms with Gasteiger partial charge in [-0.1, -0.05) is 44.5 Å². The number of benzene rings is 2. The van der Waals surface area contributed by atoms with Crippen LogP contribution in [0.15, 0.2) is 42.5 Å². The Hall–Kier alpha value is -2.85. The Balaban J connectivity index is 2.22. The van der Waals surface area contributed by atoms with Crippen LogP contribution in [0.1, 0.15) is 45.6 Å². The number of sulfonamides is 1. The van der Waals surface area contributed by atoms with Gasteiger partial charge >= 0.3 is 0 Å². The predicted octanol–water partition coefficient (Wildman–Crippen LogP) is 4.61. The molecule has 1 N–H and O–H groups in total. The average Bonchev–Trinajstić information content (AvgIpc) is 2.85. The number of anilines is 1. The Kier molecular flexibility index (Phi) is 11.8. The van der Waals surface area contributed by atoms with E-state index in [9.17, 15) is 22.4 Å². The van der Waals surface area contributed by atoms with Crippen molar-refractivity contribution < 1.29 is 27.1 Å². The maximum absolute atomic E-state index is 13.4.